The van der Waals surface area contributed by atoms with Crippen molar-refractivity contribution in [1.29, 1.82) is 0 Å². The molecule has 0 aliphatic rings. The monoisotopic (exact) mass is 340 g/mol. The van der Waals surface area contributed by atoms with Crippen molar-refractivity contribution in [3.05, 3.63) is 54.9 Å². The molecule has 0 amide bonds. The maximum Gasteiger partial charge on any atom is 0.318 e. The van der Waals surface area contributed by atoms with E-state index < -0.39 is 0 Å². The van der Waals surface area contributed by atoms with Crippen LogP contribution in [0.1, 0.15) is 6.92 Å². The summed E-state index contributed by atoms with van der Waals surface area (Å²) in [6.07, 6.45) is 3.45. The SMILES string of the molecule is COC(=O)C(C)Sc1nnc(-c2cccnc2)n1-c1ccccc1. The number of thioether (sulfide) groups is 1. The van der Waals surface area contributed by atoms with E-state index in [4.69, 9.17) is 4.74 Å². The number of pyridine rings is 1. The number of carbonyl (C=O) groups is 1. The Hall–Kier alpha value is -2.67. The highest BCUT2D eigenvalue weighted by Gasteiger charge is 2.22. The first-order valence-electron chi connectivity index (χ1n) is 7.36. The van der Waals surface area contributed by atoms with E-state index in [9.17, 15) is 4.79 Å². The topological polar surface area (TPSA) is 69.9 Å². The Kier molecular flexibility index (Phi) is 4.90. The zero-order valence-corrected chi connectivity index (χ0v) is 14.1. The predicted molar refractivity (Wildman–Crippen MR) is 91.9 cm³/mol. The largest absolute Gasteiger partial charge is 0.468 e. The van der Waals surface area contributed by atoms with Crippen LogP contribution < -0.4 is 0 Å². The summed E-state index contributed by atoms with van der Waals surface area (Å²) in [6.45, 7) is 1.78. The van der Waals surface area contributed by atoms with Crippen molar-refractivity contribution in [3.63, 3.8) is 0 Å². The molecule has 0 saturated heterocycles. The molecule has 0 aliphatic carbocycles. The van der Waals surface area contributed by atoms with Crippen molar-refractivity contribution in [2.45, 2.75) is 17.3 Å². The summed E-state index contributed by atoms with van der Waals surface area (Å²) in [5, 5.41) is 8.80. The first kappa shape index (κ1) is 16.2. The average molecular weight is 340 g/mol. The molecular formula is C17H16N4O2S. The van der Waals surface area contributed by atoms with E-state index in [0.29, 0.717) is 11.0 Å². The van der Waals surface area contributed by atoms with Gasteiger partial charge in [-0.3, -0.25) is 14.3 Å². The van der Waals surface area contributed by atoms with Gasteiger partial charge in [-0.15, -0.1) is 10.2 Å². The molecule has 1 aromatic carbocycles. The van der Waals surface area contributed by atoms with E-state index in [0.717, 1.165) is 11.3 Å². The summed E-state index contributed by atoms with van der Waals surface area (Å²) < 4.78 is 6.71. The summed E-state index contributed by atoms with van der Waals surface area (Å²) in [5.41, 5.74) is 1.77. The number of hydrogen-bond donors (Lipinski definition) is 0. The molecule has 0 spiro atoms. The van der Waals surface area contributed by atoms with E-state index >= 15 is 0 Å². The van der Waals surface area contributed by atoms with E-state index in [2.05, 4.69) is 15.2 Å². The molecular weight excluding hydrogens is 324 g/mol. The fraction of sp³-hybridized carbons (Fsp3) is 0.176. The van der Waals surface area contributed by atoms with Crippen molar-refractivity contribution in [2.24, 2.45) is 0 Å². The molecule has 0 radical (unpaired) electrons. The normalized spacial score (nSPS) is 11.9. The molecule has 24 heavy (non-hydrogen) atoms. The predicted octanol–water partition coefficient (Wildman–Crippen LogP) is 2.98. The maximum atomic E-state index is 11.7. The molecule has 0 aliphatic heterocycles. The van der Waals surface area contributed by atoms with Gasteiger partial charge in [0.25, 0.3) is 0 Å². The fourth-order valence-corrected chi connectivity index (χ4v) is 3.10. The van der Waals surface area contributed by atoms with Crippen LogP contribution in [0.25, 0.3) is 17.1 Å². The molecule has 1 unspecified atom stereocenters. The van der Waals surface area contributed by atoms with Crippen molar-refractivity contribution < 1.29 is 9.53 Å². The van der Waals surface area contributed by atoms with Gasteiger partial charge < -0.3 is 4.74 Å². The van der Waals surface area contributed by atoms with Gasteiger partial charge in [0.05, 0.1) is 7.11 Å². The molecule has 2 aromatic heterocycles. The molecule has 3 aromatic rings. The van der Waals surface area contributed by atoms with Crippen LogP contribution in [-0.2, 0) is 9.53 Å². The van der Waals surface area contributed by atoms with Crippen LogP contribution >= 0.6 is 11.8 Å². The Labute approximate surface area is 143 Å². The number of nitrogens with zero attached hydrogens (tertiary/aromatic N) is 4. The second-order valence-electron chi connectivity index (χ2n) is 5.00. The van der Waals surface area contributed by atoms with E-state index in [-0.39, 0.29) is 11.2 Å². The number of para-hydroxylation sites is 1. The Morgan fingerprint density at radius 1 is 1.17 bits per heavy atom. The maximum absolute atomic E-state index is 11.7. The molecule has 6 nitrogen and oxygen atoms in total. The van der Waals surface area contributed by atoms with E-state index in [1.807, 2.05) is 47.0 Å². The number of hydrogen-bond acceptors (Lipinski definition) is 6. The van der Waals surface area contributed by atoms with E-state index in [1.54, 1.807) is 19.3 Å². The molecule has 0 saturated carbocycles. The average Bonchev–Trinajstić information content (AvgIpc) is 3.06. The van der Waals surface area contributed by atoms with Gasteiger partial charge in [-0.1, -0.05) is 30.0 Å². The first-order chi connectivity index (χ1) is 11.7. The summed E-state index contributed by atoms with van der Waals surface area (Å²) in [7, 11) is 1.38. The molecule has 2 heterocycles. The van der Waals surface area contributed by atoms with Crippen molar-refractivity contribution in [3.8, 4) is 17.1 Å². The zero-order chi connectivity index (χ0) is 16.9. The standard InChI is InChI=1S/C17H16N4O2S/c1-12(16(22)23-2)24-17-20-19-15(13-7-6-10-18-11-13)21(17)14-8-4-3-5-9-14/h3-12H,1-2H3. The molecule has 7 heteroatoms. The van der Waals surface area contributed by atoms with Gasteiger partial charge in [0.1, 0.15) is 5.25 Å². The smallest absolute Gasteiger partial charge is 0.318 e. The van der Waals surface area contributed by atoms with Gasteiger partial charge in [0.15, 0.2) is 11.0 Å². The molecule has 1 atom stereocenters. The third-order valence-corrected chi connectivity index (χ3v) is 4.40. The second-order valence-corrected chi connectivity index (χ2v) is 6.31. The molecule has 0 bridgehead atoms. The summed E-state index contributed by atoms with van der Waals surface area (Å²) >= 11 is 1.31. The van der Waals surface area contributed by atoms with Crippen LogP contribution in [0, 0.1) is 0 Å². The van der Waals surface area contributed by atoms with Gasteiger partial charge >= 0.3 is 5.97 Å². The minimum atomic E-state index is -0.386. The quantitative estimate of drug-likeness (QED) is 0.525. The minimum Gasteiger partial charge on any atom is -0.468 e. The number of rotatable bonds is 5. The van der Waals surface area contributed by atoms with Crippen LogP contribution in [0.15, 0.2) is 60.0 Å². The number of methoxy groups -OCH3 is 1. The lowest BCUT2D eigenvalue weighted by molar-refractivity contribution is -0.139. The van der Waals surface area contributed by atoms with E-state index in [1.165, 1.54) is 18.9 Å². The van der Waals surface area contributed by atoms with Gasteiger partial charge in [-0.05, 0) is 31.2 Å². The lowest BCUT2D eigenvalue weighted by Crippen LogP contribution is -2.15. The second kappa shape index (κ2) is 7.27. The highest BCUT2D eigenvalue weighted by molar-refractivity contribution is 8.00. The van der Waals surface area contributed by atoms with Crippen molar-refractivity contribution in [2.75, 3.05) is 7.11 Å². The summed E-state index contributed by atoms with van der Waals surface area (Å²) in [4.78, 5) is 15.9. The number of esters is 1. The Morgan fingerprint density at radius 2 is 1.96 bits per heavy atom. The van der Waals surface area contributed by atoms with Crippen LogP contribution in [0.3, 0.4) is 0 Å². The van der Waals surface area contributed by atoms with Gasteiger partial charge in [-0.25, -0.2) is 0 Å². The Morgan fingerprint density at radius 3 is 2.62 bits per heavy atom. The van der Waals surface area contributed by atoms with Crippen LogP contribution in [0.2, 0.25) is 0 Å². The molecule has 122 valence electrons. The number of ether oxygens (including phenoxy) is 1. The van der Waals surface area contributed by atoms with Crippen LogP contribution in [0.5, 0.6) is 0 Å². The number of benzene rings is 1. The van der Waals surface area contributed by atoms with Crippen LogP contribution in [-0.4, -0.2) is 38.1 Å². The molecule has 0 N–H and O–H groups in total. The third kappa shape index (κ3) is 3.30. The first-order valence-corrected chi connectivity index (χ1v) is 8.24. The lowest BCUT2D eigenvalue weighted by Gasteiger charge is -2.12. The van der Waals surface area contributed by atoms with Gasteiger partial charge in [-0.2, -0.15) is 0 Å². The van der Waals surface area contributed by atoms with Gasteiger partial charge in [0, 0.05) is 23.6 Å². The van der Waals surface area contributed by atoms with Crippen LogP contribution in [0.4, 0.5) is 0 Å². The lowest BCUT2D eigenvalue weighted by atomic mass is 10.2. The number of aromatic nitrogens is 4. The van der Waals surface area contributed by atoms with Crippen molar-refractivity contribution >= 4 is 17.7 Å². The number of carbonyl (C=O) groups excluding carboxylic acids is 1. The molecule has 3 rings (SSSR count). The Bertz CT molecular complexity index is 821. The van der Waals surface area contributed by atoms with Gasteiger partial charge in [0.2, 0.25) is 0 Å². The third-order valence-electron chi connectivity index (χ3n) is 3.38. The van der Waals surface area contributed by atoms with Crippen molar-refractivity contribution in [1.82, 2.24) is 19.7 Å². The summed E-state index contributed by atoms with van der Waals surface area (Å²) in [6, 6.07) is 13.5. The zero-order valence-electron chi connectivity index (χ0n) is 13.3. The summed E-state index contributed by atoms with van der Waals surface area (Å²) in [5.74, 6) is 0.374. The highest BCUT2D eigenvalue weighted by atomic mass is 32.2. The highest BCUT2D eigenvalue weighted by Crippen LogP contribution is 2.30. The fourth-order valence-electron chi connectivity index (χ4n) is 2.21. The molecule has 0 fully saturated rings. The minimum absolute atomic E-state index is 0.300. The Balaban J connectivity index is 2.07.